The number of hydrogen-bond donors (Lipinski definition) is 2. The maximum Gasteiger partial charge on any atom is 0.223 e. The molecular formula is C26H33N5O. The predicted octanol–water partition coefficient (Wildman–Crippen LogP) is 4.99. The van der Waals surface area contributed by atoms with Crippen LogP contribution in [0.25, 0.3) is 22.0 Å². The molecule has 0 aliphatic heterocycles. The Balaban J connectivity index is 0.000000668. The van der Waals surface area contributed by atoms with Crippen molar-refractivity contribution in [3.8, 4) is 11.1 Å². The highest BCUT2D eigenvalue weighted by Gasteiger charge is 2.22. The number of allylic oxidation sites excluding steroid dienone is 1. The molecule has 0 saturated heterocycles. The van der Waals surface area contributed by atoms with Crippen molar-refractivity contribution in [2.45, 2.75) is 37.8 Å². The summed E-state index contributed by atoms with van der Waals surface area (Å²) in [5.41, 5.74) is 4.44. The minimum atomic E-state index is 0.462. The van der Waals surface area contributed by atoms with Gasteiger partial charge in [-0.25, -0.2) is 9.97 Å². The van der Waals surface area contributed by atoms with Gasteiger partial charge in [0.25, 0.3) is 0 Å². The third kappa shape index (κ3) is 6.14. The number of benzene rings is 2. The molecule has 1 aromatic heterocycles. The Morgan fingerprint density at radius 3 is 2.44 bits per heavy atom. The Morgan fingerprint density at radius 2 is 1.78 bits per heavy atom. The Kier molecular flexibility index (Phi) is 8.34. The van der Waals surface area contributed by atoms with Crippen LogP contribution in [0.1, 0.15) is 25.7 Å². The minimum absolute atomic E-state index is 0.462. The Morgan fingerprint density at radius 1 is 1.06 bits per heavy atom. The molecule has 1 aliphatic carbocycles. The zero-order valence-electron chi connectivity index (χ0n) is 19.2. The quantitative estimate of drug-likeness (QED) is 0.423. The predicted molar refractivity (Wildman–Crippen MR) is 134 cm³/mol. The fourth-order valence-electron chi connectivity index (χ4n) is 4.05. The minimum Gasteiger partial charge on any atom is -0.388 e. The molecule has 4 rings (SSSR count). The van der Waals surface area contributed by atoms with Crippen LogP contribution >= 0.6 is 0 Å². The molecular weight excluding hydrogens is 398 g/mol. The number of carbonyl (C=O) groups excluding carboxylic acids is 1. The summed E-state index contributed by atoms with van der Waals surface area (Å²) in [6.45, 7) is 3.11. The molecule has 6 heteroatoms. The average molecular weight is 432 g/mol. The van der Waals surface area contributed by atoms with Crippen LogP contribution in [0.15, 0.2) is 61.3 Å². The largest absolute Gasteiger partial charge is 0.388 e. The van der Waals surface area contributed by atoms with Crippen molar-refractivity contribution in [1.82, 2.24) is 14.9 Å². The highest BCUT2D eigenvalue weighted by atomic mass is 16.1. The van der Waals surface area contributed by atoms with Gasteiger partial charge < -0.3 is 15.5 Å². The average Bonchev–Trinajstić information content (AvgIpc) is 2.84. The van der Waals surface area contributed by atoms with Crippen LogP contribution in [0.4, 0.5) is 11.6 Å². The van der Waals surface area contributed by atoms with Crippen molar-refractivity contribution < 1.29 is 4.79 Å². The summed E-state index contributed by atoms with van der Waals surface area (Å²) in [7, 11) is 6.29. The number of nitrogens with one attached hydrogen (secondary N) is 2. The highest BCUT2D eigenvalue weighted by molar-refractivity contribution is 5.84. The van der Waals surface area contributed by atoms with Crippen LogP contribution < -0.4 is 10.6 Å². The van der Waals surface area contributed by atoms with Crippen molar-refractivity contribution in [3.63, 3.8) is 0 Å². The van der Waals surface area contributed by atoms with Crippen molar-refractivity contribution in [1.29, 1.82) is 0 Å². The first kappa shape index (κ1) is 23.4. The number of hydrogen-bond acceptors (Lipinski definition) is 6. The summed E-state index contributed by atoms with van der Waals surface area (Å²) in [5.74, 6) is 0.738. The van der Waals surface area contributed by atoms with E-state index < -0.39 is 0 Å². The fraction of sp³-hybridized carbons (Fsp3) is 0.346. The van der Waals surface area contributed by atoms with Crippen LogP contribution in [0.2, 0.25) is 0 Å². The van der Waals surface area contributed by atoms with E-state index in [0.29, 0.717) is 18.4 Å². The Labute approximate surface area is 190 Å². The molecule has 0 bridgehead atoms. The van der Waals surface area contributed by atoms with E-state index in [1.807, 2.05) is 13.2 Å². The highest BCUT2D eigenvalue weighted by Crippen LogP contribution is 2.27. The number of rotatable bonds is 6. The van der Waals surface area contributed by atoms with Crippen LogP contribution in [-0.4, -0.2) is 54.4 Å². The number of aromatic nitrogens is 2. The van der Waals surface area contributed by atoms with E-state index in [0.717, 1.165) is 22.5 Å². The molecule has 0 atom stereocenters. The lowest BCUT2D eigenvalue weighted by atomic mass is 9.91. The molecule has 32 heavy (non-hydrogen) atoms. The van der Waals surface area contributed by atoms with Crippen molar-refractivity contribution in [2.24, 2.45) is 0 Å². The topological polar surface area (TPSA) is 70.2 Å². The summed E-state index contributed by atoms with van der Waals surface area (Å²) < 4.78 is 0. The summed E-state index contributed by atoms with van der Waals surface area (Å²) >= 11 is 0. The van der Waals surface area contributed by atoms with Gasteiger partial charge >= 0.3 is 0 Å². The molecule has 1 heterocycles. The van der Waals surface area contributed by atoms with E-state index >= 15 is 0 Å². The molecule has 2 aromatic carbocycles. The van der Waals surface area contributed by atoms with Gasteiger partial charge in [0.05, 0.1) is 5.52 Å². The van der Waals surface area contributed by atoms with Crippen LogP contribution in [0.3, 0.4) is 0 Å². The van der Waals surface area contributed by atoms with E-state index in [1.165, 1.54) is 42.9 Å². The van der Waals surface area contributed by atoms with Crippen molar-refractivity contribution in [2.75, 3.05) is 31.8 Å². The monoisotopic (exact) mass is 431 g/mol. The van der Waals surface area contributed by atoms with Gasteiger partial charge in [0.2, 0.25) is 5.95 Å². The normalized spacial score (nSPS) is 17.9. The molecule has 0 amide bonds. The molecule has 168 valence electrons. The van der Waals surface area contributed by atoms with Gasteiger partial charge in [-0.2, -0.15) is 0 Å². The fourth-order valence-corrected chi connectivity index (χ4v) is 4.05. The first-order valence-corrected chi connectivity index (χ1v) is 11.1. The van der Waals surface area contributed by atoms with Crippen LogP contribution in [0, 0.1) is 0 Å². The van der Waals surface area contributed by atoms with Crippen molar-refractivity contribution in [3.05, 3.63) is 61.3 Å². The molecule has 1 aliphatic rings. The number of fused-ring (bicyclic) bond motifs is 1. The lowest BCUT2D eigenvalue weighted by Crippen LogP contribution is -2.36. The van der Waals surface area contributed by atoms with Gasteiger partial charge in [-0.3, -0.25) is 4.79 Å². The summed E-state index contributed by atoms with van der Waals surface area (Å²) in [6.07, 6.45) is 8.54. The van der Waals surface area contributed by atoms with E-state index in [4.69, 9.17) is 9.78 Å². The van der Waals surface area contributed by atoms with Crippen LogP contribution in [0.5, 0.6) is 0 Å². The summed E-state index contributed by atoms with van der Waals surface area (Å²) in [6, 6.07) is 16.0. The zero-order chi connectivity index (χ0) is 22.9. The lowest BCUT2D eigenvalue weighted by Gasteiger charge is -2.32. The summed E-state index contributed by atoms with van der Waals surface area (Å²) in [5, 5.41) is 7.82. The molecule has 1 saturated carbocycles. The molecule has 6 nitrogen and oxygen atoms in total. The maximum atomic E-state index is 9.06. The molecule has 0 unspecified atom stereocenters. The number of anilines is 2. The zero-order valence-corrected chi connectivity index (χ0v) is 19.2. The maximum absolute atomic E-state index is 9.06. The van der Waals surface area contributed by atoms with Crippen molar-refractivity contribution >= 4 is 28.8 Å². The third-order valence-electron chi connectivity index (χ3n) is 5.92. The van der Waals surface area contributed by atoms with Gasteiger partial charge in [0.15, 0.2) is 0 Å². The molecule has 1 fully saturated rings. The SMILES string of the molecule is C=CC=O.CNc1cccc(-c2ccc3cnc(NC4CCC(N(C)C)CC4)nc3c2)c1. The van der Waals surface area contributed by atoms with Gasteiger partial charge in [-0.05, 0) is 75.2 Å². The molecule has 3 aromatic rings. The number of nitrogens with zero attached hydrogens (tertiary/aromatic N) is 3. The van der Waals surface area contributed by atoms with Gasteiger partial charge in [-0.1, -0.05) is 30.8 Å². The van der Waals surface area contributed by atoms with E-state index in [-0.39, 0.29) is 0 Å². The van der Waals surface area contributed by atoms with E-state index in [2.05, 4.69) is 83.7 Å². The third-order valence-corrected chi connectivity index (χ3v) is 5.92. The first-order valence-electron chi connectivity index (χ1n) is 11.1. The molecule has 0 radical (unpaired) electrons. The second-order valence-corrected chi connectivity index (χ2v) is 8.28. The number of carbonyl (C=O) groups is 1. The van der Waals surface area contributed by atoms with E-state index in [9.17, 15) is 0 Å². The van der Waals surface area contributed by atoms with Gasteiger partial charge in [0.1, 0.15) is 6.29 Å². The van der Waals surface area contributed by atoms with Crippen LogP contribution in [-0.2, 0) is 4.79 Å². The lowest BCUT2D eigenvalue weighted by molar-refractivity contribution is -0.104. The first-order chi connectivity index (χ1) is 15.5. The smallest absolute Gasteiger partial charge is 0.223 e. The molecule has 2 N–H and O–H groups in total. The number of aldehydes is 1. The summed E-state index contributed by atoms with van der Waals surface area (Å²) in [4.78, 5) is 20.7. The molecule has 0 spiro atoms. The second kappa shape index (κ2) is 11.4. The standard InChI is InChI=1S/C23H29N5.C3H4O/c1-24-20-6-4-5-16(13-20)17-7-8-18-15-25-23(27-22(18)14-17)26-19-9-11-21(12-10-19)28(2)3;1-2-3-4/h4-8,13-15,19,21,24H,9-12H2,1-3H3,(H,25,26,27);2-3H,1H2. The second-order valence-electron chi connectivity index (χ2n) is 8.28. The van der Waals surface area contributed by atoms with Gasteiger partial charge in [0, 0.05) is 36.4 Å². The Bertz CT molecular complexity index is 1040. The van der Waals surface area contributed by atoms with Gasteiger partial charge in [-0.15, -0.1) is 0 Å². The Hall–Kier alpha value is -3.25. The van der Waals surface area contributed by atoms with E-state index in [1.54, 1.807) is 0 Å².